The highest BCUT2D eigenvalue weighted by Crippen LogP contribution is 2.28. The molecule has 1 heterocycles. The third-order valence-electron chi connectivity index (χ3n) is 3.55. The molecule has 2 aromatic rings. The number of carbonyl (C=O) groups excluding carboxylic acids is 1. The van der Waals surface area contributed by atoms with Crippen LogP contribution in [0.3, 0.4) is 0 Å². The fourth-order valence-electron chi connectivity index (χ4n) is 2.27. The second-order valence-corrected chi connectivity index (χ2v) is 8.20. The van der Waals surface area contributed by atoms with Crippen molar-refractivity contribution in [2.24, 2.45) is 0 Å². The molecule has 0 bridgehead atoms. The second-order valence-electron chi connectivity index (χ2n) is 5.73. The zero-order valence-corrected chi connectivity index (χ0v) is 16.2. The lowest BCUT2D eigenvalue weighted by Crippen LogP contribution is -2.32. The number of benzene rings is 1. The van der Waals surface area contributed by atoms with Gasteiger partial charge < -0.3 is 14.5 Å². The van der Waals surface area contributed by atoms with Gasteiger partial charge >= 0.3 is 0 Å². The first kappa shape index (κ1) is 20.4. The molecule has 1 amide bonds. The number of nitrogens with zero attached hydrogens (tertiary/aromatic N) is 1. The number of halogens is 1. The van der Waals surface area contributed by atoms with Gasteiger partial charge in [-0.15, -0.1) is 0 Å². The number of carbonyl (C=O) groups is 1. The topological polar surface area (TPSA) is 98.5 Å². The van der Waals surface area contributed by atoms with Crippen LogP contribution < -0.4 is 5.32 Å². The van der Waals surface area contributed by atoms with Crippen LogP contribution in [-0.2, 0) is 25.1 Å². The van der Waals surface area contributed by atoms with E-state index in [1.165, 1.54) is 0 Å². The van der Waals surface area contributed by atoms with Gasteiger partial charge in [0, 0.05) is 20.3 Å². The van der Waals surface area contributed by atoms with Crippen molar-refractivity contribution in [3.63, 3.8) is 0 Å². The molecule has 1 N–H and O–H groups in total. The highest BCUT2D eigenvalue weighted by Gasteiger charge is 2.22. The van der Waals surface area contributed by atoms with Crippen molar-refractivity contribution in [2.75, 3.05) is 26.0 Å². The van der Waals surface area contributed by atoms with Gasteiger partial charge in [-0.1, -0.05) is 23.7 Å². The smallest absolute Gasteiger partial charge is 0.235 e. The number of hydrogen-bond acceptors (Lipinski definition) is 6. The maximum atomic E-state index is 12.3. The Labute approximate surface area is 157 Å². The Hall–Kier alpha value is -1.90. The average molecular weight is 401 g/mol. The van der Waals surface area contributed by atoms with Crippen LogP contribution in [0.2, 0.25) is 5.02 Å². The third-order valence-corrected chi connectivity index (χ3v) is 5.30. The maximum absolute atomic E-state index is 12.3. The van der Waals surface area contributed by atoms with E-state index in [4.69, 9.17) is 20.8 Å². The molecule has 0 atom stereocenters. The fraction of sp³-hybridized carbons (Fsp3) is 0.412. The van der Waals surface area contributed by atoms with Crippen LogP contribution in [0.1, 0.15) is 17.9 Å². The van der Waals surface area contributed by atoms with Gasteiger partial charge in [0.15, 0.2) is 9.84 Å². The molecule has 0 fully saturated rings. The summed E-state index contributed by atoms with van der Waals surface area (Å²) in [7, 11) is -2.12. The quantitative estimate of drug-likeness (QED) is 0.649. The van der Waals surface area contributed by atoms with Crippen molar-refractivity contribution in [1.82, 2.24) is 10.3 Å². The Balaban J connectivity index is 2.03. The summed E-state index contributed by atoms with van der Waals surface area (Å²) in [4.78, 5) is 16.0. The zero-order chi connectivity index (χ0) is 19.2. The van der Waals surface area contributed by atoms with Gasteiger partial charge in [-0.05, 0) is 25.5 Å². The molecule has 7 nitrogen and oxygen atoms in total. The number of sulfone groups is 1. The summed E-state index contributed by atoms with van der Waals surface area (Å²) in [6, 6.07) is 6.99. The number of ether oxygens (including phenoxy) is 1. The SMILES string of the molecule is COCCCNC(=O)CS(=O)(=O)Cc1nc(-c2ccccc2Cl)oc1C. The molecule has 1 aromatic heterocycles. The predicted molar refractivity (Wildman–Crippen MR) is 98.7 cm³/mol. The summed E-state index contributed by atoms with van der Waals surface area (Å²) in [6.45, 7) is 2.49. The van der Waals surface area contributed by atoms with Crippen LogP contribution in [-0.4, -0.2) is 45.3 Å². The molecule has 0 unspecified atom stereocenters. The van der Waals surface area contributed by atoms with Gasteiger partial charge in [0.2, 0.25) is 11.8 Å². The Kier molecular flexibility index (Phi) is 7.19. The van der Waals surface area contributed by atoms with E-state index in [0.717, 1.165) is 0 Å². The van der Waals surface area contributed by atoms with Gasteiger partial charge in [0.25, 0.3) is 0 Å². The summed E-state index contributed by atoms with van der Waals surface area (Å²) < 4.78 is 35.0. The van der Waals surface area contributed by atoms with E-state index >= 15 is 0 Å². The van der Waals surface area contributed by atoms with Crippen molar-refractivity contribution >= 4 is 27.3 Å². The van der Waals surface area contributed by atoms with E-state index in [9.17, 15) is 13.2 Å². The molecule has 9 heteroatoms. The summed E-state index contributed by atoms with van der Waals surface area (Å²) in [5, 5.41) is 3.01. The fourth-order valence-corrected chi connectivity index (χ4v) is 3.77. The highest BCUT2D eigenvalue weighted by atomic mass is 35.5. The number of aryl methyl sites for hydroxylation is 1. The van der Waals surface area contributed by atoms with Gasteiger partial charge in [-0.2, -0.15) is 0 Å². The molecule has 1 aromatic carbocycles. The third kappa shape index (κ3) is 5.82. The summed E-state index contributed by atoms with van der Waals surface area (Å²) in [5.74, 6) is -0.897. The van der Waals surface area contributed by atoms with Crippen molar-refractivity contribution < 1.29 is 22.4 Å². The molecule has 0 saturated heterocycles. The highest BCUT2D eigenvalue weighted by molar-refractivity contribution is 7.91. The molecular formula is C17H21ClN2O5S. The van der Waals surface area contributed by atoms with Gasteiger partial charge in [0.1, 0.15) is 11.5 Å². The van der Waals surface area contributed by atoms with Gasteiger partial charge in [0.05, 0.1) is 22.0 Å². The minimum absolute atomic E-state index is 0.252. The monoisotopic (exact) mass is 400 g/mol. The number of oxazole rings is 1. The van der Waals surface area contributed by atoms with E-state index < -0.39 is 21.5 Å². The number of rotatable bonds is 9. The van der Waals surface area contributed by atoms with E-state index in [2.05, 4.69) is 10.3 Å². The number of nitrogens with one attached hydrogen (secondary N) is 1. The normalized spacial score (nSPS) is 11.5. The van der Waals surface area contributed by atoms with E-state index in [1.807, 2.05) is 0 Å². The Bertz CT molecular complexity index is 864. The molecule has 0 spiro atoms. The lowest BCUT2D eigenvalue weighted by molar-refractivity contribution is -0.118. The average Bonchev–Trinajstić information content (AvgIpc) is 2.91. The van der Waals surface area contributed by atoms with Crippen molar-refractivity contribution in [3.8, 4) is 11.5 Å². The first-order valence-corrected chi connectivity index (χ1v) is 10.2. The van der Waals surface area contributed by atoms with Crippen LogP contribution in [0.4, 0.5) is 0 Å². The van der Waals surface area contributed by atoms with Crippen molar-refractivity contribution in [2.45, 2.75) is 19.1 Å². The minimum Gasteiger partial charge on any atom is -0.441 e. The predicted octanol–water partition coefficient (Wildman–Crippen LogP) is 2.37. The van der Waals surface area contributed by atoms with E-state index in [-0.39, 0.29) is 17.3 Å². The lowest BCUT2D eigenvalue weighted by atomic mass is 10.2. The number of methoxy groups -OCH3 is 1. The lowest BCUT2D eigenvalue weighted by Gasteiger charge is -2.05. The van der Waals surface area contributed by atoms with Crippen molar-refractivity contribution in [1.29, 1.82) is 0 Å². The standard InChI is InChI=1S/C17H21ClN2O5S/c1-12-15(20-17(25-12)13-6-3-4-7-14(13)18)10-26(22,23)11-16(21)19-8-5-9-24-2/h3-4,6-7H,5,8-11H2,1-2H3,(H,19,21). The summed E-state index contributed by atoms with van der Waals surface area (Å²) in [5.41, 5.74) is 0.851. The molecule has 0 aliphatic rings. The van der Waals surface area contributed by atoms with Crippen molar-refractivity contribution in [3.05, 3.63) is 40.7 Å². The Morgan fingerprint density at radius 1 is 1.35 bits per heavy atom. The first-order valence-electron chi connectivity index (χ1n) is 7.99. The largest absolute Gasteiger partial charge is 0.441 e. The minimum atomic E-state index is -3.68. The van der Waals surface area contributed by atoms with Crippen LogP contribution >= 0.6 is 11.6 Å². The number of aromatic nitrogens is 1. The van der Waals surface area contributed by atoms with Crippen LogP contribution in [0, 0.1) is 6.92 Å². The molecule has 0 aliphatic heterocycles. The summed E-state index contributed by atoms with van der Waals surface area (Å²) in [6.07, 6.45) is 0.617. The molecular weight excluding hydrogens is 380 g/mol. The van der Waals surface area contributed by atoms with Crippen LogP contribution in [0.25, 0.3) is 11.5 Å². The molecule has 0 saturated carbocycles. The van der Waals surface area contributed by atoms with Crippen LogP contribution in [0.5, 0.6) is 0 Å². The van der Waals surface area contributed by atoms with Crippen LogP contribution in [0.15, 0.2) is 28.7 Å². The Morgan fingerprint density at radius 2 is 2.08 bits per heavy atom. The van der Waals surface area contributed by atoms with Gasteiger partial charge in [-0.3, -0.25) is 4.79 Å². The molecule has 26 heavy (non-hydrogen) atoms. The zero-order valence-electron chi connectivity index (χ0n) is 14.6. The van der Waals surface area contributed by atoms with E-state index in [0.29, 0.717) is 35.9 Å². The molecule has 2 rings (SSSR count). The molecule has 142 valence electrons. The van der Waals surface area contributed by atoms with E-state index in [1.54, 1.807) is 38.3 Å². The Morgan fingerprint density at radius 3 is 2.77 bits per heavy atom. The van der Waals surface area contributed by atoms with Gasteiger partial charge in [-0.25, -0.2) is 13.4 Å². The summed E-state index contributed by atoms with van der Waals surface area (Å²) >= 11 is 6.11. The molecule has 0 aliphatic carbocycles. The maximum Gasteiger partial charge on any atom is 0.235 e. The first-order chi connectivity index (χ1) is 12.3. The number of amides is 1. The number of hydrogen-bond donors (Lipinski definition) is 1. The second kappa shape index (κ2) is 9.16. The molecule has 0 radical (unpaired) electrons.